The Kier molecular flexibility index (Phi) is 4.10. The van der Waals surface area contributed by atoms with Gasteiger partial charge in [0, 0.05) is 17.4 Å². The monoisotopic (exact) mass is 284 g/mol. The number of carboxylic acid groups (broad SMARTS) is 1. The molecule has 19 heavy (non-hydrogen) atoms. The number of carbonyl (C=O) groups is 2. The van der Waals surface area contributed by atoms with Gasteiger partial charge < -0.3 is 10.2 Å². The molecule has 0 amide bonds. The van der Waals surface area contributed by atoms with Crippen molar-refractivity contribution < 1.29 is 28.2 Å². The van der Waals surface area contributed by atoms with E-state index in [1.54, 1.807) is 0 Å². The molecule has 0 radical (unpaired) electrons. The second-order valence-electron chi connectivity index (χ2n) is 3.90. The molecule has 6 nitrogen and oxygen atoms in total. The molecule has 7 heteroatoms. The maximum Gasteiger partial charge on any atom is 0.371 e. The van der Waals surface area contributed by atoms with E-state index in [1.165, 1.54) is 31.2 Å². The quantitative estimate of drug-likeness (QED) is 0.488. The summed E-state index contributed by atoms with van der Waals surface area (Å²) in [6.45, 7) is 1.18. The first-order chi connectivity index (χ1) is 8.64. The van der Waals surface area contributed by atoms with Crippen molar-refractivity contribution in [2.24, 2.45) is 0 Å². The van der Waals surface area contributed by atoms with Crippen molar-refractivity contribution in [2.75, 3.05) is 6.26 Å². The van der Waals surface area contributed by atoms with Crippen LogP contribution in [0.4, 0.5) is 0 Å². The van der Waals surface area contributed by atoms with Crippen molar-refractivity contribution in [1.29, 1.82) is 0 Å². The van der Waals surface area contributed by atoms with E-state index in [2.05, 4.69) is 0 Å². The lowest BCUT2D eigenvalue weighted by atomic mass is 10.0. The van der Waals surface area contributed by atoms with Gasteiger partial charge in [-0.05, 0) is 31.2 Å². The van der Waals surface area contributed by atoms with Crippen LogP contribution in [0.15, 0.2) is 40.5 Å². The number of allylic oxidation sites excluding steroid dienone is 1. The number of Topliss-reactive ketones (excluding diaryl/α,β-unsaturated/α-hetero) is 1. The average Bonchev–Trinajstić information content (AvgIpc) is 2.35. The van der Waals surface area contributed by atoms with Gasteiger partial charge in [-0.3, -0.25) is 4.79 Å². The first-order valence-corrected chi connectivity index (χ1v) is 7.01. The Labute approximate surface area is 109 Å². The molecule has 0 fully saturated rings. The number of aliphatic hydroxyl groups is 1. The fourth-order valence-corrected chi connectivity index (χ4v) is 1.97. The van der Waals surface area contributed by atoms with Gasteiger partial charge in [0.25, 0.3) is 0 Å². The van der Waals surface area contributed by atoms with Crippen LogP contribution in [0.2, 0.25) is 0 Å². The Balaban J connectivity index is 3.17. The molecule has 0 bridgehead atoms. The summed E-state index contributed by atoms with van der Waals surface area (Å²) >= 11 is 0. The number of carboxylic acids is 1. The SMILES string of the molecule is CC(C(=O)c1ccc(S(C)(=O)=O)cc1)=C(O)C(=O)O. The first-order valence-electron chi connectivity index (χ1n) is 5.12. The van der Waals surface area contributed by atoms with Crippen LogP contribution in [-0.4, -0.2) is 36.6 Å². The lowest BCUT2D eigenvalue weighted by Gasteiger charge is -2.04. The van der Waals surface area contributed by atoms with Crippen LogP contribution in [0.25, 0.3) is 0 Å². The largest absolute Gasteiger partial charge is 0.502 e. The topological polar surface area (TPSA) is 109 Å². The minimum Gasteiger partial charge on any atom is -0.502 e. The van der Waals surface area contributed by atoms with Gasteiger partial charge in [0.15, 0.2) is 15.6 Å². The number of sulfone groups is 1. The molecule has 0 heterocycles. The zero-order valence-electron chi connectivity index (χ0n) is 10.2. The van der Waals surface area contributed by atoms with Gasteiger partial charge in [-0.25, -0.2) is 13.2 Å². The number of carbonyl (C=O) groups excluding carboxylic acids is 1. The molecule has 2 N–H and O–H groups in total. The standard InChI is InChI=1S/C12H12O6S/c1-7(11(14)12(15)16)10(13)8-3-5-9(6-4-8)19(2,17)18/h3-6,14H,1-2H3,(H,15,16). The zero-order valence-corrected chi connectivity index (χ0v) is 11.1. The molecule has 0 atom stereocenters. The summed E-state index contributed by atoms with van der Waals surface area (Å²) in [6.07, 6.45) is 1.03. The second-order valence-corrected chi connectivity index (χ2v) is 5.92. The van der Waals surface area contributed by atoms with Crippen LogP contribution >= 0.6 is 0 Å². The Morgan fingerprint density at radius 2 is 1.53 bits per heavy atom. The molecule has 0 saturated heterocycles. The summed E-state index contributed by atoms with van der Waals surface area (Å²) in [4.78, 5) is 22.4. The predicted octanol–water partition coefficient (Wildman–Crippen LogP) is 1.19. The van der Waals surface area contributed by atoms with E-state index in [0.29, 0.717) is 0 Å². The van der Waals surface area contributed by atoms with Crippen molar-refractivity contribution in [3.63, 3.8) is 0 Å². The molecular formula is C12H12O6S. The third-order valence-electron chi connectivity index (χ3n) is 2.44. The highest BCUT2D eigenvalue weighted by Crippen LogP contribution is 2.15. The molecule has 0 aliphatic heterocycles. The lowest BCUT2D eigenvalue weighted by Crippen LogP contribution is -2.10. The van der Waals surface area contributed by atoms with E-state index in [-0.39, 0.29) is 16.0 Å². The van der Waals surface area contributed by atoms with Crippen LogP contribution in [0.1, 0.15) is 17.3 Å². The fourth-order valence-electron chi connectivity index (χ4n) is 1.34. The minimum atomic E-state index is -3.36. The van der Waals surface area contributed by atoms with Gasteiger partial charge in [-0.1, -0.05) is 0 Å². The van der Waals surface area contributed by atoms with E-state index in [1.807, 2.05) is 0 Å². The molecule has 102 valence electrons. The Bertz CT molecular complexity index is 652. The Hall–Kier alpha value is -2.15. The number of rotatable bonds is 4. The number of benzene rings is 1. The molecule has 0 aliphatic rings. The lowest BCUT2D eigenvalue weighted by molar-refractivity contribution is -0.135. The maximum absolute atomic E-state index is 11.8. The summed E-state index contributed by atoms with van der Waals surface area (Å²) in [5.74, 6) is -3.31. The summed E-state index contributed by atoms with van der Waals surface area (Å²) in [5.41, 5.74) is -0.225. The van der Waals surface area contributed by atoms with Gasteiger partial charge in [0.2, 0.25) is 5.76 Å². The maximum atomic E-state index is 11.8. The fraction of sp³-hybridized carbons (Fsp3) is 0.167. The van der Waals surface area contributed by atoms with Crippen molar-refractivity contribution >= 4 is 21.6 Å². The average molecular weight is 284 g/mol. The minimum absolute atomic E-state index is 0.0492. The zero-order chi connectivity index (χ0) is 14.8. The van der Waals surface area contributed by atoms with Gasteiger partial charge in [-0.2, -0.15) is 0 Å². The van der Waals surface area contributed by atoms with Crippen molar-refractivity contribution in [2.45, 2.75) is 11.8 Å². The number of ketones is 1. The van der Waals surface area contributed by atoms with Gasteiger partial charge in [0.1, 0.15) is 0 Å². The molecule has 0 saturated carbocycles. The molecule has 0 aromatic heterocycles. The molecule has 0 spiro atoms. The van der Waals surface area contributed by atoms with Crippen LogP contribution < -0.4 is 0 Å². The number of hydrogen-bond acceptors (Lipinski definition) is 5. The Morgan fingerprint density at radius 1 is 1.05 bits per heavy atom. The van der Waals surface area contributed by atoms with Crippen LogP contribution in [0.3, 0.4) is 0 Å². The van der Waals surface area contributed by atoms with E-state index in [0.717, 1.165) is 6.26 Å². The van der Waals surface area contributed by atoms with Crippen LogP contribution in [-0.2, 0) is 14.6 Å². The van der Waals surface area contributed by atoms with Gasteiger partial charge in [-0.15, -0.1) is 0 Å². The number of aliphatic carboxylic acids is 1. The third kappa shape index (κ3) is 3.41. The van der Waals surface area contributed by atoms with E-state index in [9.17, 15) is 23.1 Å². The first kappa shape index (κ1) is 14.9. The van der Waals surface area contributed by atoms with Crippen LogP contribution in [0, 0.1) is 0 Å². The second kappa shape index (κ2) is 5.23. The number of hydrogen-bond donors (Lipinski definition) is 2. The third-order valence-corrected chi connectivity index (χ3v) is 3.57. The summed E-state index contributed by atoms with van der Waals surface area (Å²) in [6, 6.07) is 5.01. The highest BCUT2D eigenvalue weighted by Gasteiger charge is 2.17. The predicted molar refractivity (Wildman–Crippen MR) is 66.8 cm³/mol. The molecule has 0 aliphatic carbocycles. The smallest absolute Gasteiger partial charge is 0.371 e. The number of aliphatic hydroxyl groups excluding tert-OH is 1. The normalized spacial score (nSPS) is 12.7. The molecule has 1 rings (SSSR count). The van der Waals surface area contributed by atoms with E-state index < -0.39 is 27.3 Å². The molecule has 0 unspecified atom stereocenters. The van der Waals surface area contributed by atoms with E-state index in [4.69, 9.17) is 5.11 Å². The van der Waals surface area contributed by atoms with Gasteiger partial charge in [0.05, 0.1) is 4.90 Å². The summed E-state index contributed by atoms with van der Waals surface area (Å²) in [5, 5.41) is 17.7. The van der Waals surface area contributed by atoms with Crippen molar-refractivity contribution in [3.8, 4) is 0 Å². The van der Waals surface area contributed by atoms with Crippen LogP contribution in [0.5, 0.6) is 0 Å². The molecular weight excluding hydrogens is 272 g/mol. The van der Waals surface area contributed by atoms with E-state index >= 15 is 0 Å². The summed E-state index contributed by atoms with van der Waals surface area (Å²) < 4.78 is 22.5. The molecule has 1 aromatic rings. The van der Waals surface area contributed by atoms with Crippen molar-refractivity contribution in [3.05, 3.63) is 41.2 Å². The summed E-state index contributed by atoms with van der Waals surface area (Å²) in [7, 11) is -3.36. The molecule has 1 aromatic carbocycles. The van der Waals surface area contributed by atoms with Gasteiger partial charge >= 0.3 is 5.97 Å². The van der Waals surface area contributed by atoms with Crippen molar-refractivity contribution in [1.82, 2.24) is 0 Å². The highest BCUT2D eigenvalue weighted by molar-refractivity contribution is 7.90. The highest BCUT2D eigenvalue weighted by atomic mass is 32.2. The Morgan fingerprint density at radius 3 is 1.89 bits per heavy atom.